The van der Waals surface area contributed by atoms with E-state index in [0.29, 0.717) is 0 Å². The maximum absolute atomic E-state index is 5.33. The van der Waals surface area contributed by atoms with Crippen LogP contribution in [0, 0.1) is 45.0 Å². The number of nitrogens with zero attached hydrogens (tertiary/aromatic N) is 3. The van der Waals surface area contributed by atoms with Crippen molar-refractivity contribution in [2.75, 3.05) is 0 Å². The molecule has 6 aromatic rings. The van der Waals surface area contributed by atoms with Gasteiger partial charge in [-0.15, -0.1) is 6.42 Å². The molecule has 0 bridgehead atoms. The highest BCUT2D eigenvalue weighted by Gasteiger charge is 2.17. The molecule has 218 valence electrons. The minimum Gasteiger partial charge on any atom is -0.213 e. The van der Waals surface area contributed by atoms with Gasteiger partial charge in [0.25, 0.3) is 0 Å². The van der Waals surface area contributed by atoms with Crippen LogP contribution in [0.15, 0.2) is 109 Å². The molecule has 0 N–H and O–H groups in total. The molecule has 5 aromatic carbocycles. The molecule has 0 saturated carbocycles. The molecule has 0 radical (unpaired) electrons. The molecule has 3 heteroatoms. The minimum atomic E-state index is 0.842. The van der Waals surface area contributed by atoms with Gasteiger partial charge >= 0.3 is 0 Å². The molecule has 3 nitrogen and oxygen atoms in total. The second kappa shape index (κ2) is 12.9. The number of hydrogen-bond acceptors (Lipinski definition) is 2. The van der Waals surface area contributed by atoms with Crippen molar-refractivity contribution in [3.05, 3.63) is 137 Å². The van der Waals surface area contributed by atoms with E-state index in [-0.39, 0.29) is 0 Å². The Morgan fingerprint density at radius 3 is 1.87 bits per heavy atom. The van der Waals surface area contributed by atoms with E-state index in [1.807, 2.05) is 35.0 Å². The van der Waals surface area contributed by atoms with Gasteiger partial charge in [-0.05, 0) is 126 Å². The highest BCUT2D eigenvalue weighted by atomic mass is 15.4. The van der Waals surface area contributed by atoms with Crippen LogP contribution in [-0.2, 0) is 6.42 Å². The van der Waals surface area contributed by atoms with Crippen LogP contribution >= 0.6 is 0 Å². The average molecular weight is 582 g/mol. The van der Waals surface area contributed by atoms with E-state index in [9.17, 15) is 0 Å². The average Bonchev–Trinajstić information content (AvgIpc) is 3.48. The summed E-state index contributed by atoms with van der Waals surface area (Å²) in [5.74, 6) is 9.84. The second-order valence-corrected chi connectivity index (χ2v) is 11.5. The normalized spacial score (nSPS) is 10.6. The Bertz CT molecular complexity index is 2060. The summed E-state index contributed by atoms with van der Waals surface area (Å²) >= 11 is 0. The predicted octanol–water partition coefficient (Wildman–Crippen LogP) is 9.80. The van der Waals surface area contributed by atoms with E-state index in [2.05, 4.69) is 124 Å². The van der Waals surface area contributed by atoms with Crippen LogP contribution in [0.4, 0.5) is 0 Å². The lowest BCUT2D eigenvalue weighted by molar-refractivity contribution is 0.800. The SMILES string of the molecule is C#CC#Cc1ccc(-c2cc(-c3ccc(C)cc3)cc(-c3c(C)cc(-n4nc(CCC)nc4-c4ccccc4)cc3C)c2)cc1. The lowest BCUT2D eigenvalue weighted by atomic mass is 9.89. The Hall–Kier alpha value is -5.64. The summed E-state index contributed by atoms with van der Waals surface area (Å²) in [6.07, 6.45) is 7.17. The highest BCUT2D eigenvalue weighted by molar-refractivity contribution is 5.84. The number of rotatable bonds is 7. The number of benzene rings is 5. The Balaban J connectivity index is 1.48. The van der Waals surface area contributed by atoms with Gasteiger partial charge in [-0.1, -0.05) is 85.1 Å². The summed E-state index contributed by atoms with van der Waals surface area (Å²) < 4.78 is 2.00. The van der Waals surface area contributed by atoms with Crippen molar-refractivity contribution in [1.82, 2.24) is 14.8 Å². The molecule has 0 aliphatic rings. The zero-order valence-corrected chi connectivity index (χ0v) is 26.2. The topological polar surface area (TPSA) is 30.7 Å². The Labute approximate surface area is 266 Å². The lowest BCUT2D eigenvalue weighted by Crippen LogP contribution is -2.02. The zero-order valence-electron chi connectivity index (χ0n) is 26.2. The van der Waals surface area contributed by atoms with Crippen molar-refractivity contribution < 1.29 is 0 Å². The number of aromatic nitrogens is 3. The summed E-state index contributed by atoms with van der Waals surface area (Å²) in [7, 11) is 0. The van der Waals surface area contributed by atoms with Crippen LogP contribution < -0.4 is 0 Å². The quantitative estimate of drug-likeness (QED) is 0.176. The van der Waals surface area contributed by atoms with E-state index in [1.54, 1.807) is 0 Å². The Kier molecular flexibility index (Phi) is 8.45. The first kappa shape index (κ1) is 29.4. The summed E-state index contributed by atoms with van der Waals surface area (Å²) in [6.45, 7) is 8.66. The summed E-state index contributed by atoms with van der Waals surface area (Å²) in [5, 5.41) is 4.96. The van der Waals surface area contributed by atoms with Gasteiger partial charge < -0.3 is 0 Å². The first-order valence-electron chi connectivity index (χ1n) is 15.4. The lowest BCUT2D eigenvalue weighted by Gasteiger charge is -2.17. The van der Waals surface area contributed by atoms with Gasteiger partial charge in [0.05, 0.1) is 5.69 Å². The van der Waals surface area contributed by atoms with Crippen molar-refractivity contribution in [2.45, 2.75) is 40.5 Å². The van der Waals surface area contributed by atoms with Gasteiger partial charge in [-0.2, -0.15) is 5.10 Å². The molecule has 0 spiro atoms. The molecule has 6 rings (SSSR count). The van der Waals surface area contributed by atoms with Gasteiger partial charge in [0.2, 0.25) is 0 Å². The molecular formula is C42H35N3. The first-order valence-corrected chi connectivity index (χ1v) is 15.4. The second-order valence-electron chi connectivity index (χ2n) is 11.5. The third kappa shape index (κ3) is 6.35. The molecule has 0 fully saturated rings. The molecule has 0 saturated heterocycles. The standard InChI is InChI=1S/C42H35N3/c1-6-8-13-32-18-22-34(23-19-32)37-26-36(33-20-16-29(3)17-21-33)27-38(28-37)41-30(4)24-39(25-31(41)5)45-42(35-14-10-9-11-15-35)43-40(44-45)12-7-2/h1,9-11,14-28H,7,12H2,2-5H3. The fourth-order valence-electron chi connectivity index (χ4n) is 5.86. The molecule has 0 aliphatic carbocycles. The van der Waals surface area contributed by atoms with Gasteiger partial charge in [-0.25, -0.2) is 9.67 Å². The highest BCUT2D eigenvalue weighted by Crippen LogP contribution is 2.37. The number of terminal acetylenes is 1. The summed E-state index contributed by atoms with van der Waals surface area (Å²) in [4.78, 5) is 4.94. The maximum Gasteiger partial charge on any atom is 0.163 e. The fourth-order valence-corrected chi connectivity index (χ4v) is 5.86. The molecule has 0 aliphatic heterocycles. The molecule has 1 heterocycles. The Morgan fingerprint density at radius 1 is 0.667 bits per heavy atom. The molecule has 45 heavy (non-hydrogen) atoms. The van der Waals surface area contributed by atoms with E-state index in [1.165, 1.54) is 38.9 Å². The third-order valence-electron chi connectivity index (χ3n) is 8.02. The van der Waals surface area contributed by atoms with Gasteiger partial charge in [0, 0.05) is 17.5 Å². The van der Waals surface area contributed by atoms with Gasteiger partial charge in [0.1, 0.15) is 0 Å². The van der Waals surface area contributed by atoms with Crippen LogP contribution in [-0.4, -0.2) is 14.8 Å². The summed E-state index contributed by atoms with van der Waals surface area (Å²) in [5.41, 5.74) is 13.6. The van der Waals surface area contributed by atoms with Gasteiger partial charge in [-0.3, -0.25) is 0 Å². The molecule has 0 unspecified atom stereocenters. The van der Waals surface area contributed by atoms with Crippen LogP contribution in [0.2, 0.25) is 0 Å². The molecule has 1 aromatic heterocycles. The Morgan fingerprint density at radius 2 is 1.27 bits per heavy atom. The third-order valence-corrected chi connectivity index (χ3v) is 8.02. The predicted molar refractivity (Wildman–Crippen MR) is 187 cm³/mol. The smallest absolute Gasteiger partial charge is 0.163 e. The van der Waals surface area contributed by atoms with Crippen molar-refractivity contribution >= 4 is 0 Å². The van der Waals surface area contributed by atoms with Crippen molar-refractivity contribution in [3.8, 4) is 74.6 Å². The monoisotopic (exact) mass is 581 g/mol. The van der Waals surface area contributed by atoms with Crippen molar-refractivity contribution in [2.24, 2.45) is 0 Å². The van der Waals surface area contributed by atoms with E-state index in [0.717, 1.165) is 52.4 Å². The van der Waals surface area contributed by atoms with Crippen LogP contribution in [0.1, 0.15) is 41.4 Å². The van der Waals surface area contributed by atoms with E-state index >= 15 is 0 Å². The van der Waals surface area contributed by atoms with Crippen LogP contribution in [0.25, 0.3) is 50.5 Å². The van der Waals surface area contributed by atoms with Crippen molar-refractivity contribution in [3.63, 3.8) is 0 Å². The fraction of sp³-hybridized carbons (Fsp3) is 0.143. The number of aryl methyl sites for hydroxylation is 4. The number of hydrogen-bond donors (Lipinski definition) is 0. The maximum atomic E-state index is 5.33. The van der Waals surface area contributed by atoms with Crippen LogP contribution in [0.5, 0.6) is 0 Å². The van der Waals surface area contributed by atoms with E-state index in [4.69, 9.17) is 16.5 Å². The summed E-state index contributed by atoms with van der Waals surface area (Å²) in [6, 6.07) is 38.7. The molecule has 0 amide bonds. The van der Waals surface area contributed by atoms with Gasteiger partial charge in [0.15, 0.2) is 11.6 Å². The molecule has 0 atom stereocenters. The minimum absolute atomic E-state index is 0.842. The molecular weight excluding hydrogens is 546 g/mol. The van der Waals surface area contributed by atoms with Crippen LogP contribution in [0.3, 0.4) is 0 Å². The van der Waals surface area contributed by atoms with Crippen molar-refractivity contribution in [1.29, 1.82) is 0 Å². The zero-order chi connectivity index (χ0) is 31.3. The van der Waals surface area contributed by atoms with E-state index < -0.39 is 0 Å². The largest absolute Gasteiger partial charge is 0.213 e. The first-order chi connectivity index (χ1) is 21.9.